The number of anilines is 1. The van der Waals surface area contributed by atoms with E-state index in [1.807, 2.05) is 13.0 Å². The van der Waals surface area contributed by atoms with Crippen LogP contribution in [-0.2, 0) is 5.41 Å². The largest absolute Gasteiger partial charge is 0.372 e. The molecule has 0 heterocycles. The lowest BCUT2D eigenvalue weighted by Crippen LogP contribution is -2.28. The summed E-state index contributed by atoms with van der Waals surface area (Å²) in [5.74, 6) is 0. The molecule has 0 saturated carbocycles. The zero-order valence-electron chi connectivity index (χ0n) is 26.2. The van der Waals surface area contributed by atoms with Crippen molar-refractivity contribution in [2.24, 2.45) is 0 Å². The Labute approximate surface area is 250 Å². The van der Waals surface area contributed by atoms with Crippen LogP contribution in [0.1, 0.15) is 116 Å². The van der Waals surface area contributed by atoms with E-state index in [1.165, 1.54) is 97.7 Å². The number of nitrogens with zero attached hydrogens (tertiary/aromatic N) is 2. The molecule has 0 aromatic heterocycles. The molecule has 0 atom stereocenters. The van der Waals surface area contributed by atoms with E-state index in [0.717, 1.165) is 18.7 Å². The lowest BCUT2D eigenvalue weighted by Gasteiger charge is -2.34. The van der Waals surface area contributed by atoms with E-state index in [4.69, 9.17) is 6.57 Å². The average Bonchev–Trinajstić information content (AvgIpc) is 3.27. The van der Waals surface area contributed by atoms with Crippen molar-refractivity contribution in [1.29, 1.82) is 0 Å². The third-order valence-electron chi connectivity index (χ3n) is 8.98. The molecule has 0 spiro atoms. The molecule has 3 aromatic carbocycles. The maximum absolute atomic E-state index is 7.24. The monoisotopic (exact) mass is 546 g/mol. The Balaban J connectivity index is 1.82. The molecule has 41 heavy (non-hydrogen) atoms. The lowest BCUT2D eigenvalue weighted by atomic mass is 9.70. The smallest absolute Gasteiger partial charge is 0.163 e. The fraction of sp³-hybridized carbons (Fsp3) is 0.462. The highest BCUT2D eigenvalue weighted by atomic mass is 15.1. The number of hydrogen-bond donors (Lipinski definition) is 0. The van der Waals surface area contributed by atoms with Crippen LogP contribution in [0.4, 0.5) is 5.69 Å². The van der Waals surface area contributed by atoms with Crippen molar-refractivity contribution in [3.8, 4) is 22.3 Å². The molecular formula is C39H50N2. The highest BCUT2D eigenvalue weighted by molar-refractivity contribution is 5.85. The Morgan fingerprint density at radius 1 is 0.707 bits per heavy atom. The Bertz CT molecular complexity index is 1340. The summed E-state index contributed by atoms with van der Waals surface area (Å²) in [5, 5.41) is 0. The normalized spacial score (nSPS) is 13.5. The predicted molar refractivity (Wildman–Crippen MR) is 179 cm³/mol. The Hall–Kier alpha value is -3.31. The molecule has 1 aliphatic carbocycles. The van der Waals surface area contributed by atoms with Gasteiger partial charge in [0.1, 0.15) is 0 Å². The van der Waals surface area contributed by atoms with Crippen molar-refractivity contribution < 1.29 is 0 Å². The highest BCUT2D eigenvalue weighted by Gasteiger charge is 2.42. The van der Waals surface area contributed by atoms with Gasteiger partial charge in [-0.05, 0) is 89.8 Å². The van der Waals surface area contributed by atoms with Crippen LogP contribution in [0.2, 0.25) is 0 Å². The molecule has 3 aromatic rings. The van der Waals surface area contributed by atoms with Gasteiger partial charge in [-0.15, -0.1) is 0 Å². The Morgan fingerprint density at radius 3 is 1.80 bits per heavy atom. The van der Waals surface area contributed by atoms with E-state index in [-0.39, 0.29) is 5.41 Å². The van der Waals surface area contributed by atoms with E-state index in [2.05, 4.69) is 98.1 Å². The van der Waals surface area contributed by atoms with Crippen molar-refractivity contribution in [2.45, 2.75) is 104 Å². The minimum Gasteiger partial charge on any atom is -0.372 e. The number of unbranched alkanes of at least 4 members (excludes halogenated alkanes) is 4. The summed E-state index contributed by atoms with van der Waals surface area (Å²) in [4.78, 5) is 6.19. The van der Waals surface area contributed by atoms with Gasteiger partial charge in [0.15, 0.2) is 5.70 Å². The second kappa shape index (κ2) is 14.5. The number of benzene rings is 3. The molecule has 4 rings (SSSR count). The average molecular weight is 547 g/mol. The maximum Gasteiger partial charge on any atom is 0.163 e. The zero-order chi connectivity index (χ0) is 29.2. The quantitative estimate of drug-likeness (QED) is 0.172. The third-order valence-corrected chi connectivity index (χ3v) is 8.98. The molecule has 0 bridgehead atoms. The molecule has 0 saturated heterocycles. The summed E-state index contributed by atoms with van der Waals surface area (Å²) in [5.41, 5.74) is 11.8. The van der Waals surface area contributed by atoms with Gasteiger partial charge in [-0.2, -0.15) is 0 Å². The van der Waals surface area contributed by atoms with Crippen LogP contribution < -0.4 is 4.90 Å². The highest BCUT2D eigenvalue weighted by Crippen LogP contribution is 2.55. The molecule has 0 N–H and O–H groups in total. The van der Waals surface area contributed by atoms with Gasteiger partial charge < -0.3 is 4.90 Å². The van der Waals surface area contributed by atoms with Crippen LogP contribution in [-0.4, -0.2) is 13.1 Å². The van der Waals surface area contributed by atoms with Gasteiger partial charge in [0.2, 0.25) is 0 Å². The van der Waals surface area contributed by atoms with E-state index >= 15 is 0 Å². The molecule has 0 aliphatic heterocycles. The summed E-state index contributed by atoms with van der Waals surface area (Å²) in [7, 11) is 0. The molecular weight excluding hydrogens is 496 g/mol. The van der Waals surface area contributed by atoms with E-state index in [1.54, 1.807) is 5.56 Å². The van der Waals surface area contributed by atoms with Gasteiger partial charge in [0.25, 0.3) is 0 Å². The van der Waals surface area contributed by atoms with E-state index in [9.17, 15) is 0 Å². The van der Waals surface area contributed by atoms with Gasteiger partial charge in [0, 0.05) is 24.2 Å². The molecule has 0 unspecified atom stereocenters. The molecule has 2 nitrogen and oxygen atoms in total. The fourth-order valence-electron chi connectivity index (χ4n) is 6.59. The van der Waals surface area contributed by atoms with Crippen LogP contribution >= 0.6 is 0 Å². The zero-order valence-corrected chi connectivity index (χ0v) is 26.2. The second-order valence-electron chi connectivity index (χ2n) is 12.0. The van der Waals surface area contributed by atoms with Crippen LogP contribution in [0.25, 0.3) is 33.2 Å². The number of allylic oxidation sites excluding steroid dienone is 1. The first kappa shape index (κ1) is 30.6. The third kappa shape index (κ3) is 6.78. The van der Waals surface area contributed by atoms with Gasteiger partial charge in [-0.25, -0.2) is 4.85 Å². The van der Waals surface area contributed by atoms with Crippen LogP contribution in [0.15, 0.2) is 66.4 Å². The maximum atomic E-state index is 7.24. The lowest BCUT2D eigenvalue weighted by molar-refractivity contribution is 0.414. The van der Waals surface area contributed by atoms with E-state index in [0.29, 0.717) is 5.70 Å². The molecule has 0 amide bonds. The molecule has 1 aliphatic rings. The summed E-state index contributed by atoms with van der Waals surface area (Å²) >= 11 is 0. The molecule has 2 heteroatoms. The van der Waals surface area contributed by atoms with Gasteiger partial charge in [0.05, 0.1) is 6.57 Å². The van der Waals surface area contributed by atoms with Gasteiger partial charge >= 0.3 is 0 Å². The number of hydrogen-bond acceptors (Lipinski definition) is 1. The summed E-state index contributed by atoms with van der Waals surface area (Å²) in [6, 6.07) is 23.4. The standard InChI is InChI=1S/C39H50N2/c1-7-11-23-39(24-12-8-2)37-28-33(32-17-15-31(16-18-32)27-30(5)40-6)19-21-35(37)36-22-20-34(29-38(36)39)41(25-13-9-3)26-14-10-4/h15-22,27-29H,7-14,23-26H2,1-5H3/b30-27-. The first-order valence-electron chi connectivity index (χ1n) is 16.2. The van der Waals surface area contributed by atoms with Crippen molar-refractivity contribution in [3.05, 3.63) is 94.5 Å². The Morgan fingerprint density at radius 2 is 1.24 bits per heavy atom. The number of fused-ring (bicyclic) bond motifs is 3. The van der Waals surface area contributed by atoms with E-state index < -0.39 is 0 Å². The van der Waals surface area contributed by atoms with Crippen molar-refractivity contribution in [1.82, 2.24) is 0 Å². The second-order valence-corrected chi connectivity index (χ2v) is 12.0. The molecule has 216 valence electrons. The van der Waals surface area contributed by atoms with Crippen molar-refractivity contribution in [2.75, 3.05) is 18.0 Å². The van der Waals surface area contributed by atoms with Crippen LogP contribution in [0, 0.1) is 6.57 Å². The summed E-state index contributed by atoms with van der Waals surface area (Å²) < 4.78 is 0. The van der Waals surface area contributed by atoms with Crippen molar-refractivity contribution >= 4 is 11.8 Å². The van der Waals surface area contributed by atoms with Gasteiger partial charge in [-0.1, -0.05) is 115 Å². The molecule has 0 fully saturated rings. The SMILES string of the molecule is [C-]#[N+]/C(C)=C\c1ccc(-c2ccc3c(c2)C(CCCC)(CCCC)c2cc(N(CCCC)CCCC)ccc2-3)cc1. The topological polar surface area (TPSA) is 7.60 Å². The Kier molecular flexibility index (Phi) is 10.9. The van der Waals surface area contributed by atoms with Gasteiger partial charge in [-0.3, -0.25) is 0 Å². The summed E-state index contributed by atoms with van der Waals surface area (Å²) in [6.07, 6.45) is 14.2. The van der Waals surface area contributed by atoms with Crippen LogP contribution in [0.5, 0.6) is 0 Å². The summed E-state index contributed by atoms with van der Waals surface area (Å²) in [6.45, 7) is 20.7. The predicted octanol–water partition coefficient (Wildman–Crippen LogP) is 11.7. The van der Waals surface area contributed by atoms with Crippen molar-refractivity contribution in [3.63, 3.8) is 0 Å². The minimum atomic E-state index is 0.0688. The fourth-order valence-corrected chi connectivity index (χ4v) is 6.59. The minimum absolute atomic E-state index is 0.0688. The van der Waals surface area contributed by atoms with Crippen LogP contribution in [0.3, 0.4) is 0 Å². The first-order valence-corrected chi connectivity index (χ1v) is 16.2. The first-order chi connectivity index (χ1) is 20.0. The molecule has 0 radical (unpaired) electrons. The number of rotatable bonds is 15.